The van der Waals surface area contributed by atoms with Crippen LogP contribution in [0.4, 0.5) is 0 Å². The van der Waals surface area contributed by atoms with Crippen molar-refractivity contribution in [2.24, 2.45) is 5.92 Å². The molecule has 1 N–H and O–H groups in total. The molecule has 86 valence electrons. The van der Waals surface area contributed by atoms with Crippen LogP contribution in [0.5, 0.6) is 0 Å². The molecule has 2 atom stereocenters. The Labute approximate surface area is 88.2 Å². The van der Waals surface area contributed by atoms with Crippen LogP contribution in [0.15, 0.2) is 0 Å². The first kappa shape index (κ1) is 13.9. The smallest absolute Gasteiger partial charge is 0.0488 e. The minimum absolute atomic E-state index is 0.593. The molecule has 0 amide bonds. The summed E-state index contributed by atoms with van der Waals surface area (Å²) in [6.45, 7) is 3.93. The van der Waals surface area contributed by atoms with Crippen molar-refractivity contribution in [3.8, 4) is 0 Å². The predicted molar refractivity (Wildman–Crippen MR) is 59.6 cm³/mol. The predicted octanol–water partition coefficient (Wildman–Crippen LogP) is 1.67. The van der Waals surface area contributed by atoms with Gasteiger partial charge in [-0.25, -0.2) is 0 Å². The summed E-state index contributed by atoms with van der Waals surface area (Å²) in [5, 5.41) is 3.34. The van der Waals surface area contributed by atoms with Gasteiger partial charge in [0.05, 0.1) is 0 Å². The Morgan fingerprint density at radius 1 is 1.21 bits per heavy atom. The maximum Gasteiger partial charge on any atom is 0.0488 e. The zero-order valence-electron chi connectivity index (χ0n) is 10.0. The Morgan fingerprint density at radius 3 is 2.43 bits per heavy atom. The molecule has 0 bridgehead atoms. The zero-order valence-corrected chi connectivity index (χ0v) is 10.0. The van der Waals surface area contributed by atoms with Gasteiger partial charge in [0.15, 0.2) is 0 Å². The molecule has 2 unspecified atom stereocenters. The molecular formula is C11H25NO2. The van der Waals surface area contributed by atoms with Crippen LogP contribution in [0.2, 0.25) is 0 Å². The van der Waals surface area contributed by atoms with Crippen molar-refractivity contribution < 1.29 is 9.47 Å². The fraction of sp³-hybridized carbons (Fsp3) is 1.00. The molecule has 0 aliphatic carbocycles. The topological polar surface area (TPSA) is 30.5 Å². The summed E-state index contributed by atoms with van der Waals surface area (Å²) in [6, 6.07) is 0.593. The van der Waals surface area contributed by atoms with E-state index in [1.54, 1.807) is 14.2 Å². The molecule has 0 aromatic carbocycles. The van der Waals surface area contributed by atoms with E-state index in [9.17, 15) is 0 Å². The molecule has 0 heterocycles. The fourth-order valence-corrected chi connectivity index (χ4v) is 1.69. The summed E-state index contributed by atoms with van der Waals surface area (Å²) in [6.07, 6.45) is 3.48. The number of rotatable bonds is 9. The highest BCUT2D eigenvalue weighted by Crippen LogP contribution is 2.10. The van der Waals surface area contributed by atoms with Crippen molar-refractivity contribution in [3.63, 3.8) is 0 Å². The van der Waals surface area contributed by atoms with Crippen LogP contribution >= 0.6 is 0 Å². The van der Waals surface area contributed by atoms with Crippen molar-refractivity contribution in [2.75, 3.05) is 34.5 Å². The van der Waals surface area contributed by atoms with E-state index in [0.29, 0.717) is 12.0 Å². The van der Waals surface area contributed by atoms with E-state index in [1.165, 1.54) is 12.8 Å². The van der Waals surface area contributed by atoms with Gasteiger partial charge < -0.3 is 14.8 Å². The molecule has 0 radical (unpaired) electrons. The molecule has 14 heavy (non-hydrogen) atoms. The summed E-state index contributed by atoms with van der Waals surface area (Å²) in [7, 11) is 5.54. The van der Waals surface area contributed by atoms with Gasteiger partial charge in [-0.1, -0.05) is 6.92 Å². The lowest BCUT2D eigenvalue weighted by molar-refractivity contribution is 0.146. The average molecular weight is 203 g/mol. The quantitative estimate of drug-likeness (QED) is 0.578. The van der Waals surface area contributed by atoms with E-state index in [4.69, 9.17) is 9.47 Å². The maximum absolute atomic E-state index is 5.12. The highest BCUT2D eigenvalue weighted by Gasteiger charge is 2.10. The summed E-state index contributed by atoms with van der Waals surface area (Å²) >= 11 is 0. The second-order valence-corrected chi connectivity index (χ2v) is 3.92. The highest BCUT2D eigenvalue weighted by molar-refractivity contribution is 4.68. The summed E-state index contributed by atoms with van der Waals surface area (Å²) in [5.41, 5.74) is 0. The average Bonchev–Trinajstić information content (AvgIpc) is 2.17. The van der Waals surface area contributed by atoms with E-state index in [1.807, 2.05) is 7.05 Å². The molecule has 0 fully saturated rings. The molecule has 0 aliphatic heterocycles. The van der Waals surface area contributed by atoms with E-state index in [0.717, 1.165) is 19.6 Å². The molecule has 3 nitrogen and oxygen atoms in total. The Hall–Kier alpha value is -0.120. The molecule has 0 saturated carbocycles. The van der Waals surface area contributed by atoms with E-state index < -0.39 is 0 Å². The number of ether oxygens (including phenoxy) is 2. The van der Waals surface area contributed by atoms with Crippen LogP contribution in [0.25, 0.3) is 0 Å². The molecule has 0 aromatic rings. The largest absolute Gasteiger partial charge is 0.385 e. The maximum atomic E-state index is 5.12. The first-order valence-electron chi connectivity index (χ1n) is 5.39. The third-order valence-electron chi connectivity index (χ3n) is 2.45. The lowest BCUT2D eigenvalue weighted by Gasteiger charge is -2.19. The summed E-state index contributed by atoms with van der Waals surface area (Å²) < 4.78 is 10.2. The van der Waals surface area contributed by atoms with E-state index >= 15 is 0 Å². The van der Waals surface area contributed by atoms with Crippen LogP contribution in [-0.4, -0.2) is 40.5 Å². The van der Waals surface area contributed by atoms with Crippen molar-refractivity contribution >= 4 is 0 Å². The Morgan fingerprint density at radius 2 is 1.93 bits per heavy atom. The number of hydrogen-bond acceptors (Lipinski definition) is 3. The van der Waals surface area contributed by atoms with Gasteiger partial charge in [0.1, 0.15) is 0 Å². The van der Waals surface area contributed by atoms with Gasteiger partial charge in [-0.15, -0.1) is 0 Å². The van der Waals surface area contributed by atoms with Gasteiger partial charge >= 0.3 is 0 Å². The minimum Gasteiger partial charge on any atom is -0.385 e. The zero-order chi connectivity index (χ0) is 10.8. The molecular weight excluding hydrogens is 178 g/mol. The van der Waals surface area contributed by atoms with E-state index in [2.05, 4.69) is 12.2 Å². The Bertz CT molecular complexity index is 120. The van der Waals surface area contributed by atoms with E-state index in [-0.39, 0.29) is 0 Å². The minimum atomic E-state index is 0.593. The fourth-order valence-electron chi connectivity index (χ4n) is 1.69. The van der Waals surface area contributed by atoms with Gasteiger partial charge in [0, 0.05) is 33.5 Å². The number of nitrogens with one attached hydrogen (secondary N) is 1. The molecule has 3 heteroatoms. The molecule has 0 saturated heterocycles. The van der Waals surface area contributed by atoms with Gasteiger partial charge in [0.25, 0.3) is 0 Å². The molecule has 0 aromatic heterocycles. The highest BCUT2D eigenvalue weighted by atomic mass is 16.5. The second kappa shape index (κ2) is 9.44. The third kappa shape index (κ3) is 7.30. The van der Waals surface area contributed by atoms with Crippen molar-refractivity contribution in [2.45, 2.75) is 32.2 Å². The van der Waals surface area contributed by atoms with Gasteiger partial charge in [0.2, 0.25) is 0 Å². The van der Waals surface area contributed by atoms with Crippen LogP contribution < -0.4 is 5.32 Å². The monoisotopic (exact) mass is 203 g/mol. The second-order valence-electron chi connectivity index (χ2n) is 3.92. The molecule has 0 aliphatic rings. The molecule has 0 spiro atoms. The lowest BCUT2D eigenvalue weighted by atomic mass is 9.99. The first-order chi connectivity index (χ1) is 6.74. The van der Waals surface area contributed by atoms with Crippen LogP contribution in [0, 0.1) is 5.92 Å². The number of hydrogen-bond donors (Lipinski definition) is 1. The summed E-state index contributed by atoms with van der Waals surface area (Å²) in [4.78, 5) is 0. The van der Waals surface area contributed by atoms with Crippen molar-refractivity contribution in [1.82, 2.24) is 5.32 Å². The van der Waals surface area contributed by atoms with Gasteiger partial charge in [-0.2, -0.15) is 0 Å². The van der Waals surface area contributed by atoms with Crippen LogP contribution in [0.3, 0.4) is 0 Å². The Kier molecular flexibility index (Phi) is 9.35. The SMILES string of the molecule is CNC(CCCOC)CC(C)COC. The molecule has 0 rings (SSSR count). The lowest BCUT2D eigenvalue weighted by Crippen LogP contribution is -2.28. The van der Waals surface area contributed by atoms with Gasteiger partial charge in [-0.05, 0) is 32.2 Å². The third-order valence-corrected chi connectivity index (χ3v) is 2.45. The normalized spacial score (nSPS) is 15.4. The summed E-state index contributed by atoms with van der Waals surface area (Å²) in [5.74, 6) is 0.625. The van der Waals surface area contributed by atoms with Crippen molar-refractivity contribution in [1.29, 1.82) is 0 Å². The van der Waals surface area contributed by atoms with Gasteiger partial charge in [-0.3, -0.25) is 0 Å². The number of methoxy groups -OCH3 is 2. The van der Waals surface area contributed by atoms with Crippen LogP contribution in [-0.2, 0) is 9.47 Å². The van der Waals surface area contributed by atoms with Crippen LogP contribution in [0.1, 0.15) is 26.2 Å². The van der Waals surface area contributed by atoms with Crippen molar-refractivity contribution in [3.05, 3.63) is 0 Å². The first-order valence-corrected chi connectivity index (χ1v) is 5.39. The Balaban J connectivity index is 3.55. The standard InChI is InChI=1S/C11H25NO2/c1-10(9-14-4)8-11(12-2)6-5-7-13-3/h10-12H,5-9H2,1-4H3.